The minimum Gasteiger partial charge on any atom is -0.366 e. The van der Waals surface area contributed by atoms with Crippen molar-refractivity contribution in [2.75, 3.05) is 5.32 Å². The number of aryl methyl sites for hydroxylation is 1. The summed E-state index contributed by atoms with van der Waals surface area (Å²) in [5.74, 6) is 0.901. The first-order valence-corrected chi connectivity index (χ1v) is 7.60. The Morgan fingerprint density at radius 3 is 2.53 bits per heavy atom. The highest BCUT2D eigenvalue weighted by molar-refractivity contribution is 7.16. The highest BCUT2D eigenvalue weighted by atomic mass is 32.1. The van der Waals surface area contributed by atoms with Crippen LogP contribution >= 0.6 is 11.3 Å². The third-order valence-electron chi connectivity index (χ3n) is 4.32. The van der Waals surface area contributed by atoms with Crippen LogP contribution < -0.4 is 11.1 Å². The summed E-state index contributed by atoms with van der Waals surface area (Å²) < 4.78 is 0. The lowest BCUT2D eigenvalue weighted by Crippen LogP contribution is -2.18. The number of anilines is 1. The molecule has 4 nitrogen and oxygen atoms in total. The maximum absolute atomic E-state index is 12.3. The summed E-state index contributed by atoms with van der Waals surface area (Å²) in [6, 6.07) is 1.74. The van der Waals surface area contributed by atoms with E-state index < -0.39 is 5.91 Å². The van der Waals surface area contributed by atoms with Crippen molar-refractivity contribution < 1.29 is 9.59 Å². The van der Waals surface area contributed by atoms with Crippen LogP contribution in [-0.4, -0.2) is 11.8 Å². The number of nitrogens with two attached hydrogens (primary N) is 1. The van der Waals surface area contributed by atoms with Crippen molar-refractivity contribution >= 4 is 28.2 Å². The zero-order valence-corrected chi connectivity index (χ0v) is 11.8. The van der Waals surface area contributed by atoms with E-state index in [1.165, 1.54) is 37.0 Å². The van der Waals surface area contributed by atoms with Crippen molar-refractivity contribution in [2.45, 2.75) is 32.6 Å². The Bertz CT molecular complexity index is 526. The van der Waals surface area contributed by atoms with Gasteiger partial charge in [-0.3, -0.25) is 9.59 Å². The molecule has 102 valence electrons. The van der Waals surface area contributed by atoms with Gasteiger partial charge in [0.25, 0.3) is 5.91 Å². The molecule has 19 heavy (non-hydrogen) atoms. The van der Waals surface area contributed by atoms with Gasteiger partial charge in [-0.2, -0.15) is 0 Å². The van der Waals surface area contributed by atoms with Crippen LogP contribution in [-0.2, 0) is 4.79 Å². The molecule has 0 saturated heterocycles. The van der Waals surface area contributed by atoms with Crippen molar-refractivity contribution in [3.05, 3.63) is 16.5 Å². The second-order valence-electron chi connectivity index (χ2n) is 5.59. The van der Waals surface area contributed by atoms with Gasteiger partial charge in [-0.05, 0) is 37.7 Å². The molecule has 0 bridgehead atoms. The summed E-state index contributed by atoms with van der Waals surface area (Å²) >= 11 is 1.42. The third kappa shape index (κ3) is 2.27. The van der Waals surface area contributed by atoms with Crippen molar-refractivity contribution in [1.82, 2.24) is 0 Å². The predicted octanol–water partition coefficient (Wildman–Crippen LogP) is 2.53. The van der Waals surface area contributed by atoms with Gasteiger partial charge in [-0.25, -0.2) is 0 Å². The number of hydrogen-bond acceptors (Lipinski definition) is 3. The van der Waals surface area contributed by atoms with E-state index in [1.807, 2.05) is 6.92 Å². The van der Waals surface area contributed by atoms with Crippen LogP contribution in [0.3, 0.4) is 0 Å². The summed E-state index contributed by atoms with van der Waals surface area (Å²) in [5.41, 5.74) is 5.76. The molecule has 2 saturated carbocycles. The topological polar surface area (TPSA) is 72.2 Å². The van der Waals surface area contributed by atoms with E-state index in [4.69, 9.17) is 5.73 Å². The minimum atomic E-state index is -0.479. The van der Waals surface area contributed by atoms with E-state index >= 15 is 0 Å². The smallest absolute Gasteiger partial charge is 0.251 e. The van der Waals surface area contributed by atoms with Crippen molar-refractivity contribution in [2.24, 2.45) is 23.5 Å². The molecular formula is C14H18N2O2S. The lowest BCUT2D eigenvalue weighted by Gasteiger charge is -2.04. The van der Waals surface area contributed by atoms with Crippen LogP contribution in [0.1, 0.15) is 40.9 Å². The molecule has 2 fully saturated rings. The van der Waals surface area contributed by atoms with Crippen molar-refractivity contribution in [3.63, 3.8) is 0 Å². The SMILES string of the molecule is Cc1cc(C(N)=O)c(NC(=O)C2[C@H]3CCCC[C@H]23)s1. The fraction of sp³-hybridized carbons (Fsp3) is 0.571. The Balaban J connectivity index is 1.72. The van der Waals surface area contributed by atoms with Crippen LogP contribution in [0, 0.1) is 24.7 Å². The molecular weight excluding hydrogens is 260 g/mol. The number of carbonyl (C=O) groups is 2. The molecule has 2 amide bonds. The molecule has 2 aliphatic rings. The molecule has 2 aliphatic carbocycles. The summed E-state index contributed by atoms with van der Waals surface area (Å²) in [6.45, 7) is 1.91. The van der Waals surface area contributed by atoms with Gasteiger partial charge in [-0.1, -0.05) is 12.8 Å². The molecule has 2 atom stereocenters. The van der Waals surface area contributed by atoms with Crippen LogP contribution in [0.25, 0.3) is 0 Å². The van der Waals surface area contributed by atoms with Crippen molar-refractivity contribution in [3.8, 4) is 0 Å². The third-order valence-corrected chi connectivity index (χ3v) is 5.28. The fourth-order valence-corrected chi connectivity index (χ4v) is 4.29. The highest BCUT2D eigenvalue weighted by Crippen LogP contribution is 2.55. The molecule has 3 N–H and O–H groups in total. The van der Waals surface area contributed by atoms with Gasteiger partial charge in [0.2, 0.25) is 5.91 Å². The highest BCUT2D eigenvalue weighted by Gasteiger charge is 2.54. The van der Waals surface area contributed by atoms with Gasteiger partial charge in [0, 0.05) is 10.8 Å². The Morgan fingerprint density at radius 2 is 1.95 bits per heavy atom. The maximum Gasteiger partial charge on any atom is 0.251 e. The molecule has 3 rings (SSSR count). The maximum atomic E-state index is 12.3. The fourth-order valence-electron chi connectivity index (χ4n) is 3.37. The first kappa shape index (κ1) is 12.7. The number of primary amides is 1. The van der Waals surface area contributed by atoms with Crippen LogP contribution in [0.4, 0.5) is 5.00 Å². The predicted molar refractivity (Wildman–Crippen MR) is 75.1 cm³/mol. The normalized spacial score (nSPS) is 28.6. The molecule has 0 aliphatic heterocycles. The second kappa shape index (κ2) is 4.63. The Morgan fingerprint density at radius 1 is 1.32 bits per heavy atom. The lowest BCUT2D eigenvalue weighted by atomic mass is 10.0. The molecule has 1 heterocycles. The first-order chi connectivity index (χ1) is 9.08. The average molecular weight is 278 g/mol. The number of nitrogens with one attached hydrogen (secondary N) is 1. The molecule has 0 spiro atoms. The Hall–Kier alpha value is -1.36. The minimum absolute atomic E-state index is 0.0706. The lowest BCUT2D eigenvalue weighted by molar-refractivity contribution is -0.117. The first-order valence-electron chi connectivity index (χ1n) is 6.79. The number of amides is 2. The van der Waals surface area contributed by atoms with Gasteiger partial charge < -0.3 is 11.1 Å². The van der Waals surface area contributed by atoms with Gasteiger partial charge in [-0.15, -0.1) is 11.3 Å². The average Bonchev–Trinajstić information content (AvgIpc) is 2.98. The number of hydrogen-bond donors (Lipinski definition) is 2. The van der Waals surface area contributed by atoms with E-state index in [0.29, 0.717) is 22.4 Å². The van der Waals surface area contributed by atoms with Crippen LogP contribution in [0.2, 0.25) is 0 Å². The zero-order chi connectivity index (χ0) is 13.6. The Labute approximate surface area is 116 Å². The molecule has 5 heteroatoms. The molecule has 1 aromatic heterocycles. The Kier molecular flexibility index (Phi) is 3.09. The van der Waals surface area contributed by atoms with Gasteiger partial charge in [0.1, 0.15) is 5.00 Å². The molecule has 0 unspecified atom stereocenters. The number of thiophene rings is 1. The second-order valence-corrected chi connectivity index (χ2v) is 6.85. The number of fused-ring (bicyclic) bond motifs is 1. The van der Waals surface area contributed by atoms with E-state index in [1.54, 1.807) is 6.07 Å². The van der Waals surface area contributed by atoms with E-state index in [0.717, 1.165) is 4.88 Å². The van der Waals surface area contributed by atoms with Gasteiger partial charge >= 0.3 is 0 Å². The molecule has 0 radical (unpaired) electrons. The number of carbonyl (C=O) groups excluding carboxylic acids is 2. The zero-order valence-electron chi connectivity index (χ0n) is 10.9. The van der Waals surface area contributed by atoms with Gasteiger partial charge in [0.05, 0.1) is 5.56 Å². The summed E-state index contributed by atoms with van der Waals surface area (Å²) in [6.07, 6.45) is 4.84. The van der Waals surface area contributed by atoms with E-state index in [-0.39, 0.29) is 11.8 Å². The van der Waals surface area contributed by atoms with Crippen LogP contribution in [0.15, 0.2) is 6.07 Å². The molecule has 0 aromatic carbocycles. The summed E-state index contributed by atoms with van der Waals surface area (Å²) in [5, 5.41) is 3.52. The standard InChI is InChI=1S/C14H18N2O2S/c1-7-6-10(12(15)17)14(19-7)16-13(18)11-8-4-2-3-5-9(8)11/h6,8-9,11H,2-5H2,1H3,(H2,15,17)(H,16,18)/t8-,9-/m0/s1. The van der Waals surface area contributed by atoms with Crippen molar-refractivity contribution in [1.29, 1.82) is 0 Å². The quantitative estimate of drug-likeness (QED) is 0.891. The summed E-state index contributed by atoms with van der Waals surface area (Å²) in [7, 11) is 0. The largest absolute Gasteiger partial charge is 0.366 e. The van der Waals surface area contributed by atoms with Gasteiger partial charge in [0.15, 0.2) is 0 Å². The monoisotopic (exact) mass is 278 g/mol. The van der Waals surface area contributed by atoms with E-state index in [2.05, 4.69) is 5.32 Å². The number of rotatable bonds is 3. The van der Waals surface area contributed by atoms with Crippen LogP contribution in [0.5, 0.6) is 0 Å². The summed E-state index contributed by atoms with van der Waals surface area (Å²) in [4.78, 5) is 24.6. The van der Waals surface area contributed by atoms with E-state index in [9.17, 15) is 9.59 Å². The molecule has 1 aromatic rings.